The maximum Gasteiger partial charge on any atom is 0.230 e. The summed E-state index contributed by atoms with van der Waals surface area (Å²) in [5, 5.41) is 18.1. The van der Waals surface area contributed by atoms with Crippen molar-refractivity contribution < 1.29 is 13.9 Å². The van der Waals surface area contributed by atoms with Gasteiger partial charge in [0.1, 0.15) is 6.33 Å². The number of aryl methyl sites for hydroxylation is 2. The molecular formula is C15H21FN6O2. The van der Waals surface area contributed by atoms with E-state index in [1.54, 1.807) is 11.8 Å². The van der Waals surface area contributed by atoms with Crippen molar-refractivity contribution in [3.05, 3.63) is 29.6 Å². The van der Waals surface area contributed by atoms with Crippen LogP contribution < -0.4 is 4.90 Å². The molecule has 1 saturated heterocycles. The largest absolute Gasteiger partial charge is 0.424 e. The second-order valence-corrected chi connectivity index (χ2v) is 5.98. The maximum absolute atomic E-state index is 14.4. The van der Waals surface area contributed by atoms with E-state index >= 15 is 0 Å². The highest BCUT2D eigenvalue weighted by Gasteiger charge is 2.36. The van der Waals surface area contributed by atoms with Crippen molar-refractivity contribution in [1.82, 2.24) is 25.1 Å². The lowest BCUT2D eigenvalue weighted by Crippen LogP contribution is -2.40. The molecule has 24 heavy (non-hydrogen) atoms. The van der Waals surface area contributed by atoms with Crippen molar-refractivity contribution in [3.8, 4) is 0 Å². The van der Waals surface area contributed by atoms with Gasteiger partial charge in [0.15, 0.2) is 11.6 Å². The molecule has 0 radical (unpaired) electrons. The zero-order valence-corrected chi connectivity index (χ0v) is 14.0. The molecule has 1 fully saturated rings. The zero-order valence-electron chi connectivity index (χ0n) is 14.0. The van der Waals surface area contributed by atoms with Gasteiger partial charge in [0.25, 0.3) is 0 Å². The van der Waals surface area contributed by atoms with Crippen LogP contribution in [0.15, 0.2) is 10.7 Å². The van der Waals surface area contributed by atoms with Gasteiger partial charge in [0, 0.05) is 20.0 Å². The normalized spacial score (nSPS) is 21.0. The van der Waals surface area contributed by atoms with Crippen molar-refractivity contribution >= 4 is 5.82 Å². The summed E-state index contributed by atoms with van der Waals surface area (Å²) in [6.45, 7) is 4.77. The number of aliphatic hydroxyl groups is 1. The average molecular weight is 336 g/mol. The fraction of sp³-hybridized carbons (Fsp3) is 0.600. The van der Waals surface area contributed by atoms with Crippen LogP contribution in [0, 0.1) is 12.7 Å². The van der Waals surface area contributed by atoms with E-state index in [2.05, 4.69) is 20.2 Å². The molecule has 0 spiro atoms. The van der Waals surface area contributed by atoms with Crippen molar-refractivity contribution in [2.75, 3.05) is 25.0 Å². The molecule has 0 aliphatic carbocycles. The molecule has 0 unspecified atom stereocenters. The number of β-amino-alcohol motifs (C(OH)–C–C–N with tert-alkyl or cyclic N) is 1. The van der Waals surface area contributed by atoms with Crippen molar-refractivity contribution in [1.29, 1.82) is 0 Å². The van der Waals surface area contributed by atoms with Crippen molar-refractivity contribution in [2.24, 2.45) is 0 Å². The molecule has 0 amide bonds. The fourth-order valence-corrected chi connectivity index (χ4v) is 2.97. The average Bonchev–Trinajstić information content (AvgIpc) is 3.13. The summed E-state index contributed by atoms with van der Waals surface area (Å²) in [7, 11) is 1.87. The Balaban J connectivity index is 1.72. The number of hydrogen-bond acceptors (Lipinski definition) is 8. The molecule has 1 aliphatic rings. The minimum atomic E-state index is -0.626. The minimum absolute atomic E-state index is 0.184. The van der Waals surface area contributed by atoms with E-state index in [1.165, 1.54) is 6.33 Å². The van der Waals surface area contributed by atoms with Gasteiger partial charge < -0.3 is 14.4 Å². The van der Waals surface area contributed by atoms with Gasteiger partial charge in [-0.2, -0.15) is 0 Å². The Morgan fingerprint density at radius 3 is 2.83 bits per heavy atom. The summed E-state index contributed by atoms with van der Waals surface area (Å²) >= 11 is 0. The summed E-state index contributed by atoms with van der Waals surface area (Å²) in [5.41, 5.74) is 0.382. The van der Waals surface area contributed by atoms with E-state index in [4.69, 9.17) is 4.42 Å². The van der Waals surface area contributed by atoms with E-state index in [-0.39, 0.29) is 11.9 Å². The van der Waals surface area contributed by atoms with Gasteiger partial charge in [-0.15, -0.1) is 10.2 Å². The molecule has 2 atom stereocenters. The van der Waals surface area contributed by atoms with Gasteiger partial charge in [-0.05, 0) is 13.5 Å². The van der Waals surface area contributed by atoms with Crippen LogP contribution in [-0.4, -0.2) is 62.5 Å². The number of likely N-dealkylation sites (N-methyl/N-ethyl adjacent to an activating group) is 1. The van der Waals surface area contributed by atoms with Gasteiger partial charge in [-0.1, -0.05) is 6.92 Å². The third-order valence-electron chi connectivity index (χ3n) is 4.26. The summed E-state index contributed by atoms with van der Waals surface area (Å²) in [6, 6.07) is -0.184. The maximum atomic E-state index is 14.4. The molecule has 9 heteroatoms. The minimum Gasteiger partial charge on any atom is -0.424 e. The van der Waals surface area contributed by atoms with Crippen LogP contribution in [0.5, 0.6) is 0 Å². The lowest BCUT2D eigenvalue weighted by atomic mass is 10.2. The van der Waals surface area contributed by atoms with Gasteiger partial charge in [-0.25, -0.2) is 14.4 Å². The van der Waals surface area contributed by atoms with Crippen LogP contribution in [0.1, 0.15) is 24.4 Å². The lowest BCUT2D eigenvalue weighted by molar-refractivity contribution is 0.0903. The van der Waals surface area contributed by atoms with Crippen LogP contribution in [0.25, 0.3) is 0 Å². The molecule has 1 N–H and O–H groups in total. The first kappa shape index (κ1) is 16.7. The van der Waals surface area contributed by atoms with Crippen molar-refractivity contribution in [2.45, 2.75) is 39.0 Å². The molecule has 0 aromatic carbocycles. The Hall–Kier alpha value is -2.13. The SMILES string of the molecule is CCc1ncnc(N2C[C@@H](O)[C@@H](N(C)Cc3nnc(C)o3)C2)c1F. The predicted octanol–water partition coefficient (Wildman–Crippen LogP) is 0.551. The van der Waals surface area contributed by atoms with E-state index in [0.717, 1.165) is 0 Å². The highest BCUT2D eigenvalue weighted by molar-refractivity contribution is 5.43. The Morgan fingerprint density at radius 1 is 1.38 bits per heavy atom. The zero-order chi connectivity index (χ0) is 17.3. The number of rotatable bonds is 5. The number of aliphatic hydroxyl groups excluding tert-OH is 1. The van der Waals surface area contributed by atoms with Crippen LogP contribution in [0.2, 0.25) is 0 Å². The first-order valence-electron chi connectivity index (χ1n) is 7.91. The lowest BCUT2D eigenvalue weighted by Gasteiger charge is -2.25. The third-order valence-corrected chi connectivity index (χ3v) is 4.26. The predicted molar refractivity (Wildman–Crippen MR) is 83.9 cm³/mol. The standard InChI is InChI=1S/C15H21FN6O2/c1-4-10-14(16)15(18-8-17-10)22-5-11(12(23)6-22)21(3)7-13-20-19-9(2)24-13/h8,11-12,23H,4-7H2,1-3H3/t11-,12+/m0/s1. The summed E-state index contributed by atoms with van der Waals surface area (Å²) < 4.78 is 19.8. The fourth-order valence-electron chi connectivity index (χ4n) is 2.97. The number of hydrogen-bond donors (Lipinski definition) is 1. The highest BCUT2D eigenvalue weighted by Crippen LogP contribution is 2.25. The second kappa shape index (κ2) is 6.78. The number of halogens is 1. The Kier molecular flexibility index (Phi) is 4.72. The van der Waals surface area contributed by atoms with Gasteiger partial charge in [0.2, 0.25) is 11.8 Å². The topological polar surface area (TPSA) is 91.4 Å². The molecule has 1 aliphatic heterocycles. The molecule has 2 aromatic heterocycles. The van der Waals surface area contributed by atoms with Crippen LogP contribution in [0.4, 0.5) is 10.2 Å². The molecule has 130 valence electrons. The van der Waals surface area contributed by atoms with Gasteiger partial charge >= 0.3 is 0 Å². The Labute approximate surface area is 139 Å². The van der Waals surface area contributed by atoms with Crippen LogP contribution in [0.3, 0.4) is 0 Å². The highest BCUT2D eigenvalue weighted by atomic mass is 19.1. The monoisotopic (exact) mass is 336 g/mol. The van der Waals surface area contributed by atoms with Crippen LogP contribution >= 0.6 is 0 Å². The molecule has 8 nitrogen and oxygen atoms in total. The molecule has 3 rings (SSSR count). The van der Waals surface area contributed by atoms with E-state index < -0.39 is 11.9 Å². The summed E-state index contributed by atoms with van der Waals surface area (Å²) in [4.78, 5) is 11.7. The number of anilines is 1. The quantitative estimate of drug-likeness (QED) is 0.846. The first-order valence-corrected chi connectivity index (χ1v) is 7.91. The molecule has 0 saturated carbocycles. The van der Waals surface area contributed by atoms with E-state index in [1.807, 2.05) is 18.9 Å². The second-order valence-electron chi connectivity index (χ2n) is 5.98. The van der Waals surface area contributed by atoms with E-state index in [0.29, 0.717) is 43.5 Å². The number of aromatic nitrogens is 4. The summed E-state index contributed by atoms with van der Waals surface area (Å²) in [5.74, 6) is 0.817. The van der Waals surface area contributed by atoms with Gasteiger partial charge in [-0.3, -0.25) is 4.90 Å². The third kappa shape index (κ3) is 3.22. The molecule has 2 aromatic rings. The van der Waals surface area contributed by atoms with Gasteiger partial charge in [0.05, 0.1) is 24.4 Å². The van der Waals surface area contributed by atoms with Crippen molar-refractivity contribution in [3.63, 3.8) is 0 Å². The van der Waals surface area contributed by atoms with E-state index in [9.17, 15) is 9.50 Å². The summed E-state index contributed by atoms with van der Waals surface area (Å²) in [6.07, 6.45) is 1.23. The molecular weight excluding hydrogens is 315 g/mol. The Bertz CT molecular complexity index is 709. The molecule has 0 bridgehead atoms. The first-order chi connectivity index (χ1) is 11.5. The Morgan fingerprint density at radius 2 is 2.17 bits per heavy atom. The molecule has 3 heterocycles. The van der Waals surface area contributed by atoms with Crippen LogP contribution in [-0.2, 0) is 13.0 Å². The number of nitrogens with zero attached hydrogens (tertiary/aromatic N) is 6. The smallest absolute Gasteiger partial charge is 0.230 e.